The van der Waals surface area contributed by atoms with Gasteiger partial charge in [0, 0.05) is 23.1 Å². The van der Waals surface area contributed by atoms with Crippen molar-refractivity contribution in [3.63, 3.8) is 0 Å². The zero-order chi connectivity index (χ0) is 13.9. The van der Waals surface area contributed by atoms with Crippen molar-refractivity contribution in [1.29, 1.82) is 0 Å². The number of pyridine rings is 2. The van der Waals surface area contributed by atoms with E-state index in [0.29, 0.717) is 0 Å². The quantitative estimate of drug-likeness (QED) is 0.681. The lowest BCUT2D eigenvalue weighted by Gasteiger charge is -2.07. The minimum absolute atomic E-state index is 0.986. The van der Waals surface area contributed by atoms with E-state index in [-0.39, 0.29) is 0 Å². The molecule has 0 amide bonds. The minimum Gasteiger partial charge on any atom is -0.258 e. The largest absolute Gasteiger partial charge is 0.258 e. The molecule has 98 valence electrons. The van der Waals surface area contributed by atoms with Gasteiger partial charge in [0.25, 0.3) is 0 Å². The molecular formula is C18H16N2. The molecule has 0 aliphatic rings. The molecule has 0 saturated carbocycles. The van der Waals surface area contributed by atoms with E-state index in [0.717, 1.165) is 22.6 Å². The van der Waals surface area contributed by atoms with Crippen LogP contribution in [0.1, 0.15) is 11.4 Å². The van der Waals surface area contributed by atoms with E-state index in [9.17, 15) is 0 Å². The Morgan fingerprint density at radius 2 is 1.40 bits per heavy atom. The first-order chi connectivity index (χ1) is 9.72. The van der Waals surface area contributed by atoms with Gasteiger partial charge in [0.15, 0.2) is 0 Å². The average molecular weight is 260 g/mol. The third kappa shape index (κ3) is 2.59. The summed E-state index contributed by atoms with van der Waals surface area (Å²) in [7, 11) is 0. The highest BCUT2D eigenvalue weighted by molar-refractivity contribution is 5.70. The molecule has 0 spiro atoms. The monoisotopic (exact) mass is 260 g/mol. The van der Waals surface area contributed by atoms with Crippen LogP contribution in [0.25, 0.3) is 22.4 Å². The smallest absolute Gasteiger partial charge is 0.0709 e. The van der Waals surface area contributed by atoms with E-state index in [2.05, 4.69) is 52.4 Å². The molecule has 2 nitrogen and oxygen atoms in total. The molecule has 3 aromatic rings. The standard InChI is InChI=1S/C18H16N2/c1-13-10-17(11-14(2)20-13)18-12-16(8-9-19-18)15-6-4-3-5-7-15/h3-12H,1-2H3. The molecular weight excluding hydrogens is 244 g/mol. The second-order valence-corrected chi connectivity index (χ2v) is 4.93. The summed E-state index contributed by atoms with van der Waals surface area (Å²) in [6, 6.07) is 18.7. The molecule has 2 heterocycles. The number of rotatable bonds is 2. The van der Waals surface area contributed by atoms with Crippen molar-refractivity contribution >= 4 is 0 Å². The summed E-state index contributed by atoms with van der Waals surface area (Å²) in [6.45, 7) is 4.02. The van der Waals surface area contributed by atoms with Gasteiger partial charge in [-0.25, -0.2) is 0 Å². The first-order valence-corrected chi connectivity index (χ1v) is 6.69. The van der Waals surface area contributed by atoms with Crippen molar-refractivity contribution in [2.75, 3.05) is 0 Å². The number of nitrogens with zero attached hydrogens (tertiary/aromatic N) is 2. The van der Waals surface area contributed by atoms with E-state index in [1.54, 1.807) is 0 Å². The highest BCUT2D eigenvalue weighted by Gasteiger charge is 2.04. The van der Waals surface area contributed by atoms with Crippen LogP contribution < -0.4 is 0 Å². The molecule has 0 unspecified atom stereocenters. The molecule has 0 radical (unpaired) electrons. The lowest BCUT2D eigenvalue weighted by Crippen LogP contribution is -1.90. The summed E-state index contributed by atoms with van der Waals surface area (Å²) < 4.78 is 0. The van der Waals surface area contributed by atoms with Gasteiger partial charge in [-0.05, 0) is 49.2 Å². The van der Waals surface area contributed by atoms with Crippen molar-refractivity contribution in [1.82, 2.24) is 9.97 Å². The van der Waals surface area contributed by atoms with Gasteiger partial charge in [0.1, 0.15) is 0 Å². The fourth-order valence-corrected chi connectivity index (χ4v) is 2.38. The Labute approximate surface area is 119 Å². The number of aryl methyl sites for hydroxylation is 2. The van der Waals surface area contributed by atoms with E-state index >= 15 is 0 Å². The Morgan fingerprint density at radius 3 is 2.10 bits per heavy atom. The Kier molecular flexibility index (Phi) is 3.30. The molecule has 2 heteroatoms. The summed E-state index contributed by atoms with van der Waals surface area (Å²) in [4.78, 5) is 8.90. The Hall–Kier alpha value is -2.48. The van der Waals surface area contributed by atoms with Crippen LogP contribution in [0.4, 0.5) is 0 Å². The maximum Gasteiger partial charge on any atom is 0.0709 e. The van der Waals surface area contributed by atoms with Gasteiger partial charge < -0.3 is 0 Å². The SMILES string of the molecule is Cc1cc(-c2cc(-c3ccccc3)ccn2)cc(C)n1. The van der Waals surface area contributed by atoms with E-state index in [4.69, 9.17) is 0 Å². The summed E-state index contributed by atoms with van der Waals surface area (Å²) in [5, 5.41) is 0. The minimum atomic E-state index is 0.986. The van der Waals surface area contributed by atoms with Gasteiger partial charge in [-0.15, -0.1) is 0 Å². The topological polar surface area (TPSA) is 25.8 Å². The molecule has 20 heavy (non-hydrogen) atoms. The predicted octanol–water partition coefficient (Wildman–Crippen LogP) is 4.43. The maximum absolute atomic E-state index is 4.49. The summed E-state index contributed by atoms with van der Waals surface area (Å²) in [5.41, 5.74) is 6.54. The molecule has 2 aromatic heterocycles. The molecule has 0 atom stereocenters. The van der Waals surface area contributed by atoms with Crippen molar-refractivity contribution < 1.29 is 0 Å². The lowest BCUT2D eigenvalue weighted by molar-refractivity contribution is 1.12. The maximum atomic E-state index is 4.49. The van der Waals surface area contributed by atoms with Crippen LogP contribution in [0.3, 0.4) is 0 Å². The van der Waals surface area contributed by atoms with Crippen LogP contribution in [0.15, 0.2) is 60.8 Å². The molecule has 0 saturated heterocycles. The molecule has 0 fully saturated rings. The predicted molar refractivity (Wildman–Crippen MR) is 82.4 cm³/mol. The second-order valence-electron chi connectivity index (χ2n) is 4.93. The van der Waals surface area contributed by atoms with Crippen molar-refractivity contribution in [2.45, 2.75) is 13.8 Å². The van der Waals surface area contributed by atoms with E-state index in [1.807, 2.05) is 32.2 Å². The van der Waals surface area contributed by atoms with Crippen LogP contribution in [-0.2, 0) is 0 Å². The molecule has 0 aliphatic carbocycles. The van der Waals surface area contributed by atoms with Crippen molar-refractivity contribution in [2.24, 2.45) is 0 Å². The van der Waals surface area contributed by atoms with Gasteiger partial charge in [-0.2, -0.15) is 0 Å². The number of hydrogen-bond acceptors (Lipinski definition) is 2. The zero-order valence-electron chi connectivity index (χ0n) is 11.7. The van der Waals surface area contributed by atoms with Gasteiger partial charge in [-0.3, -0.25) is 9.97 Å². The van der Waals surface area contributed by atoms with Crippen LogP contribution in [0.5, 0.6) is 0 Å². The van der Waals surface area contributed by atoms with Crippen LogP contribution in [-0.4, -0.2) is 9.97 Å². The third-order valence-electron chi connectivity index (χ3n) is 3.24. The zero-order valence-corrected chi connectivity index (χ0v) is 11.7. The van der Waals surface area contributed by atoms with Gasteiger partial charge in [0.2, 0.25) is 0 Å². The van der Waals surface area contributed by atoms with E-state index in [1.165, 1.54) is 11.1 Å². The number of aromatic nitrogens is 2. The summed E-state index contributed by atoms with van der Waals surface area (Å²) in [5.74, 6) is 0. The fourth-order valence-electron chi connectivity index (χ4n) is 2.38. The van der Waals surface area contributed by atoms with Crippen molar-refractivity contribution in [3.05, 3.63) is 72.2 Å². The molecule has 0 aliphatic heterocycles. The summed E-state index contributed by atoms with van der Waals surface area (Å²) >= 11 is 0. The van der Waals surface area contributed by atoms with Gasteiger partial charge in [0.05, 0.1) is 5.69 Å². The van der Waals surface area contributed by atoms with Crippen LogP contribution in [0.2, 0.25) is 0 Å². The molecule has 0 bridgehead atoms. The molecule has 0 N–H and O–H groups in total. The number of hydrogen-bond donors (Lipinski definition) is 0. The highest BCUT2D eigenvalue weighted by Crippen LogP contribution is 2.25. The Bertz CT molecular complexity index is 713. The summed E-state index contributed by atoms with van der Waals surface area (Å²) in [6.07, 6.45) is 1.86. The van der Waals surface area contributed by atoms with E-state index < -0.39 is 0 Å². The van der Waals surface area contributed by atoms with Gasteiger partial charge >= 0.3 is 0 Å². The van der Waals surface area contributed by atoms with Crippen molar-refractivity contribution in [3.8, 4) is 22.4 Å². The first-order valence-electron chi connectivity index (χ1n) is 6.69. The average Bonchev–Trinajstić information content (AvgIpc) is 2.47. The second kappa shape index (κ2) is 5.25. The highest BCUT2D eigenvalue weighted by atomic mass is 14.7. The first kappa shape index (κ1) is 12.5. The molecule has 3 rings (SSSR count). The fraction of sp³-hybridized carbons (Fsp3) is 0.111. The third-order valence-corrected chi connectivity index (χ3v) is 3.24. The normalized spacial score (nSPS) is 10.5. The number of benzene rings is 1. The Balaban J connectivity index is 2.07. The lowest BCUT2D eigenvalue weighted by atomic mass is 10.0. The van der Waals surface area contributed by atoms with Crippen LogP contribution in [0, 0.1) is 13.8 Å². The van der Waals surface area contributed by atoms with Crippen LogP contribution >= 0.6 is 0 Å². The van der Waals surface area contributed by atoms with Gasteiger partial charge in [-0.1, -0.05) is 30.3 Å². The molecule has 1 aromatic carbocycles. The Morgan fingerprint density at radius 1 is 0.700 bits per heavy atom.